The zero-order valence-electron chi connectivity index (χ0n) is 13.8. The lowest BCUT2D eigenvalue weighted by atomic mass is 10.0. The second kappa shape index (κ2) is 4.91. The highest BCUT2D eigenvalue weighted by Gasteiger charge is 2.20. The molecule has 1 heteroatoms. The van der Waals surface area contributed by atoms with Crippen LogP contribution >= 0.6 is 0 Å². The molecule has 1 heterocycles. The van der Waals surface area contributed by atoms with E-state index >= 15 is 0 Å². The summed E-state index contributed by atoms with van der Waals surface area (Å²) in [4.78, 5) is 0. The van der Waals surface area contributed by atoms with Crippen molar-refractivity contribution >= 4 is 21.8 Å². The first-order valence-corrected chi connectivity index (χ1v) is 7.90. The maximum atomic E-state index is 2.47. The molecule has 0 N–H and O–H groups in total. The van der Waals surface area contributed by atoms with Crippen LogP contribution in [0.4, 0.5) is 0 Å². The quantitative estimate of drug-likeness (QED) is 0.563. The molecular formula is C20H25N. The van der Waals surface area contributed by atoms with Crippen LogP contribution in [0.1, 0.15) is 40.2 Å². The fourth-order valence-electron chi connectivity index (χ4n) is 3.34. The molecule has 2 aromatic carbocycles. The summed E-state index contributed by atoms with van der Waals surface area (Å²) in [6.45, 7) is 11.4. The fourth-order valence-corrected chi connectivity index (χ4v) is 3.34. The molecule has 3 aromatic rings. The van der Waals surface area contributed by atoms with Crippen LogP contribution < -0.4 is 0 Å². The van der Waals surface area contributed by atoms with E-state index in [-0.39, 0.29) is 5.54 Å². The summed E-state index contributed by atoms with van der Waals surface area (Å²) in [5.74, 6) is 0.693. The third-order valence-corrected chi connectivity index (χ3v) is 4.05. The lowest BCUT2D eigenvalue weighted by Gasteiger charge is -2.24. The van der Waals surface area contributed by atoms with Crippen molar-refractivity contribution in [2.24, 2.45) is 5.92 Å². The monoisotopic (exact) mass is 279 g/mol. The largest absolute Gasteiger partial charge is 0.335 e. The van der Waals surface area contributed by atoms with Crippen LogP contribution in [-0.2, 0) is 12.0 Å². The number of nitrogens with zero attached hydrogens (tertiary/aromatic N) is 1. The van der Waals surface area contributed by atoms with E-state index in [0.717, 1.165) is 6.42 Å². The molecule has 0 radical (unpaired) electrons. The molecule has 1 nitrogen and oxygen atoms in total. The molecule has 0 amide bonds. The average Bonchev–Trinajstić information content (AvgIpc) is 2.72. The Kier molecular flexibility index (Phi) is 3.32. The number of aromatic nitrogens is 1. The van der Waals surface area contributed by atoms with Gasteiger partial charge in [0.1, 0.15) is 0 Å². The van der Waals surface area contributed by atoms with Gasteiger partial charge >= 0.3 is 0 Å². The summed E-state index contributed by atoms with van der Waals surface area (Å²) < 4.78 is 2.47. The van der Waals surface area contributed by atoms with Gasteiger partial charge in [-0.2, -0.15) is 0 Å². The van der Waals surface area contributed by atoms with Crippen LogP contribution in [0.3, 0.4) is 0 Å². The first-order chi connectivity index (χ1) is 9.88. The van der Waals surface area contributed by atoms with E-state index < -0.39 is 0 Å². The van der Waals surface area contributed by atoms with Crippen molar-refractivity contribution in [3.63, 3.8) is 0 Å². The Hall–Kier alpha value is -1.76. The standard InChI is InChI=1S/C20H25N/c1-14(2)12-15-10-11-19-17(13-15)16-8-6-7-9-18(16)21(19)20(3,4)5/h6-11,13-14H,12H2,1-5H3. The molecule has 0 aliphatic heterocycles. The summed E-state index contributed by atoms with van der Waals surface area (Å²) in [7, 11) is 0. The van der Waals surface area contributed by atoms with Gasteiger partial charge in [0.15, 0.2) is 0 Å². The van der Waals surface area contributed by atoms with Crippen molar-refractivity contribution < 1.29 is 0 Å². The number of benzene rings is 2. The highest BCUT2D eigenvalue weighted by Crippen LogP contribution is 2.34. The number of rotatable bonds is 2. The van der Waals surface area contributed by atoms with Gasteiger partial charge in [-0.3, -0.25) is 0 Å². The summed E-state index contributed by atoms with van der Waals surface area (Å²) in [6, 6.07) is 15.8. The molecule has 3 rings (SSSR count). The Morgan fingerprint density at radius 3 is 2.24 bits per heavy atom. The first-order valence-electron chi connectivity index (χ1n) is 7.90. The normalized spacial score (nSPS) is 12.7. The van der Waals surface area contributed by atoms with Gasteiger partial charge in [0.2, 0.25) is 0 Å². The number of hydrogen-bond donors (Lipinski definition) is 0. The van der Waals surface area contributed by atoms with E-state index in [1.54, 1.807) is 0 Å². The van der Waals surface area contributed by atoms with Gasteiger partial charge in [-0.15, -0.1) is 0 Å². The summed E-state index contributed by atoms with van der Waals surface area (Å²) >= 11 is 0. The highest BCUT2D eigenvalue weighted by atomic mass is 15.0. The van der Waals surface area contributed by atoms with Gasteiger partial charge in [0.25, 0.3) is 0 Å². The Morgan fingerprint density at radius 1 is 0.905 bits per heavy atom. The van der Waals surface area contributed by atoms with Crippen molar-refractivity contribution in [2.75, 3.05) is 0 Å². The SMILES string of the molecule is CC(C)Cc1ccc2c(c1)c1ccccc1n2C(C)(C)C. The Labute approximate surface area is 127 Å². The first kappa shape index (κ1) is 14.2. The molecule has 1 aromatic heterocycles. The lowest BCUT2D eigenvalue weighted by molar-refractivity contribution is 0.423. The second-order valence-electron chi connectivity index (χ2n) is 7.47. The van der Waals surface area contributed by atoms with Crippen LogP contribution in [0.25, 0.3) is 21.8 Å². The van der Waals surface area contributed by atoms with Crippen molar-refractivity contribution in [2.45, 2.75) is 46.6 Å². The van der Waals surface area contributed by atoms with Crippen LogP contribution in [0.2, 0.25) is 0 Å². The minimum atomic E-state index is 0.0842. The van der Waals surface area contributed by atoms with Crippen LogP contribution in [0, 0.1) is 5.92 Å². The smallest absolute Gasteiger partial charge is 0.0496 e. The number of hydrogen-bond acceptors (Lipinski definition) is 0. The minimum absolute atomic E-state index is 0.0842. The van der Waals surface area contributed by atoms with E-state index in [1.165, 1.54) is 27.4 Å². The molecule has 0 bridgehead atoms. The fraction of sp³-hybridized carbons (Fsp3) is 0.400. The van der Waals surface area contributed by atoms with Crippen LogP contribution in [0.15, 0.2) is 42.5 Å². The summed E-state index contributed by atoms with van der Waals surface area (Å²) in [5, 5.41) is 2.76. The summed E-state index contributed by atoms with van der Waals surface area (Å²) in [5.41, 5.74) is 4.20. The molecule has 0 atom stereocenters. The van der Waals surface area contributed by atoms with Crippen molar-refractivity contribution in [1.29, 1.82) is 0 Å². The van der Waals surface area contributed by atoms with Gasteiger partial charge in [-0.05, 0) is 56.9 Å². The number of fused-ring (bicyclic) bond motifs is 3. The molecule has 0 aliphatic rings. The molecule has 0 unspecified atom stereocenters. The summed E-state index contributed by atoms with van der Waals surface area (Å²) in [6.07, 6.45) is 1.14. The molecule has 0 spiro atoms. The predicted molar refractivity (Wildman–Crippen MR) is 93.0 cm³/mol. The number of para-hydroxylation sites is 1. The molecule has 0 saturated carbocycles. The molecule has 0 saturated heterocycles. The highest BCUT2D eigenvalue weighted by molar-refractivity contribution is 6.08. The average molecular weight is 279 g/mol. The maximum absolute atomic E-state index is 2.47. The van der Waals surface area contributed by atoms with E-state index in [2.05, 4.69) is 81.7 Å². The van der Waals surface area contributed by atoms with Gasteiger partial charge in [-0.1, -0.05) is 38.1 Å². The third-order valence-electron chi connectivity index (χ3n) is 4.05. The van der Waals surface area contributed by atoms with Gasteiger partial charge < -0.3 is 4.57 Å². The van der Waals surface area contributed by atoms with Gasteiger partial charge in [0.05, 0.1) is 0 Å². The molecule has 0 aliphatic carbocycles. The van der Waals surface area contributed by atoms with Crippen LogP contribution in [0.5, 0.6) is 0 Å². The Morgan fingerprint density at radius 2 is 1.57 bits per heavy atom. The van der Waals surface area contributed by atoms with E-state index in [4.69, 9.17) is 0 Å². The van der Waals surface area contributed by atoms with E-state index in [1.807, 2.05) is 0 Å². The zero-order valence-corrected chi connectivity index (χ0v) is 13.8. The third kappa shape index (κ3) is 2.46. The van der Waals surface area contributed by atoms with E-state index in [0.29, 0.717) is 5.92 Å². The Bertz CT molecular complexity index is 785. The van der Waals surface area contributed by atoms with E-state index in [9.17, 15) is 0 Å². The topological polar surface area (TPSA) is 4.93 Å². The van der Waals surface area contributed by atoms with Crippen molar-refractivity contribution in [1.82, 2.24) is 4.57 Å². The van der Waals surface area contributed by atoms with Gasteiger partial charge in [0, 0.05) is 27.3 Å². The predicted octanol–water partition coefficient (Wildman–Crippen LogP) is 5.75. The molecule has 0 fully saturated rings. The Balaban J connectivity index is 2.35. The van der Waals surface area contributed by atoms with Crippen LogP contribution in [-0.4, -0.2) is 4.57 Å². The van der Waals surface area contributed by atoms with Crippen molar-refractivity contribution in [3.05, 3.63) is 48.0 Å². The second-order valence-corrected chi connectivity index (χ2v) is 7.47. The van der Waals surface area contributed by atoms with Crippen molar-refractivity contribution in [3.8, 4) is 0 Å². The molecular weight excluding hydrogens is 254 g/mol. The maximum Gasteiger partial charge on any atom is 0.0496 e. The lowest BCUT2D eigenvalue weighted by Crippen LogP contribution is -2.21. The van der Waals surface area contributed by atoms with Gasteiger partial charge in [-0.25, -0.2) is 0 Å². The molecule has 110 valence electrons. The molecule has 21 heavy (non-hydrogen) atoms. The zero-order chi connectivity index (χ0) is 15.2. The minimum Gasteiger partial charge on any atom is -0.335 e.